The van der Waals surface area contributed by atoms with Crippen molar-refractivity contribution in [1.82, 2.24) is 14.8 Å². The maximum absolute atomic E-state index is 13.9. The minimum absolute atomic E-state index is 0.0130. The van der Waals surface area contributed by atoms with Crippen LogP contribution in [0.2, 0.25) is 5.02 Å². The minimum atomic E-state index is -4.02. The van der Waals surface area contributed by atoms with Crippen molar-refractivity contribution in [3.63, 3.8) is 0 Å². The van der Waals surface area contributed by atoms with Crippen LogP contribution in [0.15, 0.2) is 47.4 Å². The summed E-state index contributed by atoms with van der Waals surface area (Å²) in [7, 11) is -0.577. The summed E-state index contributed by atoms with van der Waals surface area (Å²) in [4.78, 5) is 47.3. The first kappa shape index (κ1) is 32.5. The van der Waals surface area contributed by atoms with Gasteiger partial charge in [0.2, 0.25) is 0 Å². The molecule has 2 aromatic carbocycles. The number of hydrogen-bond donors (Lipinski definition) is 2. The van der Waals surface area contributed by atoms with E-state index in [1.54, 1.807) is 48.2 Å². The number of ketones is 1. The van der Waals surface area contributed by atoms with Gasteiger partial charge in [0, 0.05) is 67.3 Å². The first-order valence-electron chi connectivity index (χ1n) is 15.4. The van der Waals surface area contributed by atoms with Crippen molar-refractivity contribution < 1.29 is 22.8 Å². The fourth-order valence-corrected chi connectivity index (χ4v) is 7.51. The summed E-state index contributed by atoms with van der Waals surface area (Å²) >= 11 is 6.10. The SMILES string of the molecule is Cc1c(C=C2C(=O)Nc3ccc(S(=O)(=O)N(C)c4cccc(Cl)c4)cc32)[nH]c(CCC(=O)C2(C#N)CC2)c1C(=O)N1CCN(C)CC1. The normalized spacial score (nSPS) is 18.1. The van der Waals surface area contributed by atoms with Crippen LogP contribution in [0, 0.1) is 23.7 Å². The number of sulfonamides is 1. The second kappa shape index (κ2) is 12.3. The maximum atomic E-state index is 13.9. The van der Waals surface area contributed by atoms with Gasteiger partial charge in [0.25, 0.3) is 21.8 Å². The van der Waals surface area contributed by atoms with Crippen LogP contribution in [0.3, 0.4) is 0 Å². The number of H-pyrrole nitrogens is 1. The lowest BCUT2D eigenvalue weighted by molar-refractivity contribution is -0.122. The Balaban J connectivity index is 1.36. The average Bonchev–Trinajstić information content (AvgIpc) is 3.72. The highest BCUT2D eigenvalue weighted by atomic mass is 35.5. The van der Waals surface area contributed by atoms with Crippen LogP contribution in [0.1, 0.15) is 52.1 Å². The molecule has 2 N–H and O–H groups in total. The molecule has 13 heteroatoms. The van der Waals surface area contributed by atoms with Crippen LogP contribution in [-0.4, -0.2) is 81.1 Å². The van der Waals surface area contributed by atoms with E-state index in [9.17, 15) is 28.1 Å². The summed E-state index contributed by atoms with van der Waals surface area (Å²) < 4.78 is 28.4. The predicted molar refractivity (Wildman–Crippen MR) is 180 cm³/mol. The number of halogens is 1. The Hall–Kier alpha value is -4.44. The number of carbonyl (C=O) groups is 3. The molecule has 6 rings (SSSR count). The molecule has 3 heterocycles. The number of nitrogens with zero attached hydrogens (tertiary/aromatic N) is 4. The molecule has 3 aromatic rings. The highest BCUT2D eigenvalue weighted by molar-refractivity contribution is 7.92. The number of aryl methyl sites for hydroxylation is 1. The van der Waals surface area contributed by atoms with Crippen LogP contribution < -0.4 is 9.62 Å². The van der Waals surface area contributed by atoms with Gasteiger partial charge >= 0.3 is 0 Å². The number of Topliss-reactive ketones (excluding diaryl/α,β-unsaturated/α-hetero) is 1. The highest BCUT2D eigenvalue weighted by Gasteiger charge is 2.49. The molecule has 1 aliphatic carbocycles. The van der Waals surface area contributed by atoms with E-state index in [-0.39, 0.29) is 35.0 Å². The third-order valence-electron chi connectivity index (χ3n) is 9.36. The van der Waals surface area contributed by atoms with Gasteiger partial charge in [-0.15, -0.1) is 0 Å². The van der Waals surface area contributed by atoms with Crippen molar-refractivity contribution in [2.75, 3.05) is 49.9 Å². The van der Waals surface area contributed by atoms with Crippen molar-refractivity contribution >= 4 is 62.2 Å². The molecule has 2 aliphatic heterocycles. The first-order valence-corrected chi connectivity index (χ1v) is 17.2. The van der Waals surface area contributed by atoms with Crippen molar-refractivity contribution in [2.24, 2.45) is 5.41 Å². The number of nitriles is 1. The second-order valence-electron chi connectivity index (χ2n) is 12.4. The van der Waals surface area contributed by atoms with Gasteiger partial charge in [0.05, 0.1) is 27.8 Å². The van der Waals surface area contributed by atoms with Crippen molar-refractivity contribution in [3.05, 3.63) is 75.6 Å². The zero-order valence-electron chi connectivity index (χ0n) is 26.4. The van der Waals surface area contributed by atoms with E-state index in [1.165, 1.54) is 19.2 Å². The molecular formula is C34H35ClN6O5S. The van der Waals surface area contributed by atoms with Crippen LogP contribution in [0.25, 0.3) is 11.6 Å². The van der Waals surface area contributed by atoms with E-state index in [4.69, 9.17) is 11.6 Å². The minimum Gasteiger partial charge on any atom is -0.358 e. The van der Waals surface area contributed by atoms with Crippen LogP contribution >= 0.6 is 11.6 Å². The second-order valence-corrected chi connectivity index (χ2v) is 14.8. The molecule has 0 spiro atoms. The summed E-state index contributed by atoms with van der Waals surface area (Å²) in [6.07, 6.45) is 3.08. The van der Waals surface area contributed by atoms with Crippen molar-refractivity contribution in [2.45, 2.75) is 37.5 Å². The van der Waals surface area contributed by atoms with Gasteiger partial charge in [-0.05, 0) is 81.3 Å². The number of fused-ring (bicyclic) bond motifs is 1. The van der Waals surface area contributed by atoms with Gasteiger partial charge in [-0.1, -0.05) is 17.7 Å². The first-order chi connectivity index (χ1) is 22.3. The number of benzene rings is 2. The number of likely N-dealkylation sites (N-methyl/N-ethyl adjacent to an activating group) is 1. The van der Waals surface area contributed by atoms with Gasteiger partial charge < -0.3 is 20.1 Å². The molecule has 0 bridgehead atoms. The lowest BCUT2D eigenvalue weighted by Crippen LogP contribution is -2.47. The van der Waals surface area contributed by atoms with Gasteiger partial charge in [0.15, 0.2) is 5.78 Å². The number of hydrogen-bond acceptors (Lipinski definition) is 7. The van der Waals surface area contributed by atoms with E-state index in [0.29, 0.717) is 70.4 Å². The molecule has 1 saturated heterocycles. The number of nitrogens with one attached hydrogen (secondary N) is 2. The Labute approximate surface area is 278 Å². The van der Waals surface area contributed by atoms with E-state index in [2.05, 4.69) is 21.3 Å². The highest BCUT2D eigenvalue weighted by Crippen LogP contribution is 2.47. The van der Waals surface area contributed by atoms with Gasteiger partial charge in [-0.25, -0.2) is 8.42 Å². The molecule has 0 radical (unpaired) electrons. The zero-order valence-corrected chi connectivity index (χ0v) is 28.0. The quantitative estimate of drug-likeness (QED) is 0.318. The van der Waals surface area contributed by atoms with Gasteiger partial charge in [-0.2, -0.15) is 5.26 Å². The molecule has 11 nitrogen and oxygen atoms in total. The molecule has 0 atom stereocenters. The lowest BCUT2D eigenvalue weighted by atomic mass is 9.96. The summed E-state index contributed by atoms with van der Waals surface area (Å²) in [5.74, 6) is -0.708. The summed E-state index contributed by atoms with van der Waals surface area (Å²) in [6, 6.07) is 13.1. The summed E-state index contributed by atoms with van der Waals surface area (Å²) in [5, 5.41) is 12.7. The van der Waals surface area contributed by atoms with Crippen molar-refractivity contribution in [3.8, 4) is 6.07 Å². The predicted octanol–water partition coefficient (Wildman–Crippen LogP) is 4.49. The van der Waals surface area contributed by atoms with Crippen LogP contribution in [0.5, 0.6) is 0 Å². The number of anilines is 2. The third-order valence-corrected chi connectivity index (χ3v) is 11.4. The monoisotopic (exact) mass is 674 g/mol. The van der Waals surface area contributed by atoms with E-state index in [1.807, 2.05) is 7.05 Å². The lowest BCUT2D eigenvalue weighted by Gasteiger charge is -2.32. The van der Waals surface area contributed by atoms with Gasteiger partial charge in [0.1, 0.15) is 5.41 Å². The summed E-state index contributed by atoms with van der Waals surface area (Å²) in [6.45, 7) is 4.38. The Morgan fingerprint density at radius 2 is 1.85 bits per heavy atom. The molecule has 3 aliphatic rings. The fourth-order valence-electron chi connectivity index (χ4n) is 6.11. The molecule has 1 aromatic heterocycles. The molecule has 0 unspecified atom stereocenters. The van der Waals surface area contributed by atoms with Crippen LogP contribution in [0.4, 0.5) is 11.4 Å². The Bertz CT molecular complexity index is 1980. The number of carbonyl (C=O) groups excluding carboxylic acids is 3. The molecule has 47 heavy (non-hydrogen) atoms. The van der Waals surface area contributed by atoms with Gasteiger partial charge in [-0.3, -0.25) is 18.7 Å². The number of piperazine rings is 1. The number of aromatic nitrogens is 1. The topological polar surface area (TPSA) is 147 Å². The molecule has 1 saturated carbocycles. The molecule has 2 fully saturated rings. The number of rotatable bonds is 9. The molecule has 2 amide bonds. The Kier molecular flexibility index (Phi) is 8.50. The van der Waals surface area contributed by atoms with E-state index < -0.39 is 21.3 Å². The Morgan fingerprint density at radius 3 is 2.51 bits per heavy atom. The zero-order chi connectivity index (χ0) is 33.7. The number of aromatic amines is 1. The maximum Gasteiger partial charge on any atom is 0.264 e. The van der Waals surface area contributed by atoms with E-state index >= 15 is 0 Å². The Morgan fingerprint density at radius 1 is 1.13 bits per heavy atom. The smallest absolute Gasteiger partial charge is 0.264 e. The van der Waals surface area contributed by atoms with E-state index in [0.717, 1.165) is 17.4 Å². The molecular weight excluding hydrogens is 640 g/mol. The largest absolute Gasteiger partial charge is 0.358 e. The average molecular weight is 675 g/mol. The fraction of sp³-hybridized carbons (Fsp3) is 0.353. The van der Waals surface area contributed by atoms with Crippen molar-refractivity contribution in [1.29, 1.82) is 5.26 Å². The molecule has 244 valence electrons. The number of amides is 2. The summed E-state index contributed by atoms with van der Waals surface area (Å²) in [5.41, 5.74) is 2.71. The van der Waals surface area contributed by atoms with Crippen LogP contribution in [-0.2, 0) is 26.0 Å². The third kappa shape index (κ3) is 6.06. The standard InChI is InChI=1S/C34H35ClN6O5S/c1-21-29(37-28(9-10-30(42)34(20-36)11-12-34)31(21)33(44)41-15-13-39(2)14-16-41)19-26-25-18-24(7-8-27(25)38-32(26)43)47(45,46)40(3)23-6-4-5-22(35)17-23/h4-8,17-19,37H,9-16H2,1-3H3,(H,38,43).